The number of H-pyrrole nitrogens is 1. The van der Waals surface area contributed by atoms with Gasteiger partial charge in [0.15, 0.2) is 5.69 Å². The number of anilines is 3. The molecule has 1 aromatic heterocycles. The molecule has 0 aliphatic heterocycles. The molecule has 0 bridgehead atoms. The van der Waals surface area contributed by atoms with Crippen LogP contribution in [0.2, 0.25) is 0 Å². The summed E-state index contributed by atoms with van der Waals surface area (Å²) in [7, 11) is 1.56. The predicted molar refractivity (Wildman–Crippen MR) is 110 cm³/mol. The lowest BCUT2D eigenvalue weighted by atomic mass is 10.3. The summed E-state index contributed by atoms with van der Waals surface area (Å²) in [5.74, 6) is 0.315. The number of nitrogens with two attached hydrogens (primary N) is 1. The van der Waals surface area contributed by atoms with Gasteiger partial charge in [-0.2, -0.15) is 0 Å². The van der Waals surface area contributed by atoms with Gasteiger partial charge in [-0.1, -0.05) is 19.4 Å². The topological polar surface area (TPSA) is 122 Å². The molecule has 0 aliphatic carbocycles. The molecule has 1 aromatic carbocycles. The van der Waals surface area contributed by atoms with Crippen LogP contribution in [0.3, 0.4) is 0 Å². The van der Waals surface area contributed by atoms with Crippen LogP contribution >= 0.6 is 0 Å². The summed E-state index contributed by atoms with van der Waals surface area (Å²) in [6.45, 7) is 4.29. The molecule has 1 amide bonds. The van der Waals surface area contributed by atoms with E-state index in [1.807, 2.05) is 6.92 Å². The van der Waals surface area contributed by atoms with Gasteiger partial charge in [-0.3, -0.25) is 19.1 Å². The number of carbonyl (C=O) groups excluding carboxylic acids is 1. The second kappa shape index (κ2) is 9.63. The molecule has 9 nitrogen and oxygen atoms in total. The highest BCUT2D eigenvalue weighted by Crippen LogP contribution is 2.19. The third kappa shape index (κ3) is 4.73. The Bertz CT molecular complexity index is 935. The average molecular weight is 389 g/mol. The molecule has 0 radical (unpaired) electrons. The van der Waals surface area contributed by atoms with Crippen molar-refractivity contribution in [1.82, 2.24) is 9.55 Å². The number of carbonyl (C=O) groups is 1. The van der Waals surface area contributed by atoms with E-state index >= 15 is 0 Å². The maximum Gasteiger partial charge on any atom is 0.330 e. The lowest BCUT2D eigenvalue weighted by Crippen LogP contribution is -2.43. The molecule has 28 heavy (non-hydrogen) atoms. The highest BCUT2D eigenvalue weighted by Gasteiger charge is 2.22. The normalized spacial score (nSPS) is 10.5. The molecule has 2 rings (SSSR count). The van der Waals surface area contributed by atoms with Crippen LogP contribution in [-0.4, -0.2) is 35.7 Å². The van der Waals surface area contributed by atoms with Gasteiger partial charge in [0, 0.05) is 24.8 Å². The lowest BCUT2D eigenvalue weighted by Gasteiger charge is -2.23. The van der Waals surface area contributed by atoms with Gasteiger partial charge >= 0.3 is 5.69 Å². The summed E-state index contributed by atoms with van der Waals surface area (Å²) in [5.41, 5.74) is 5.55. The molecule has 0 saturated heterocycles. The molecule has 0 aliphatic rings. The Morgan fingerprint density at radius 3 is 2.71 bits per heavy atom. The molecule has 0 atom stereocenters. The highest BCUT2D eigenvalue weighted by molar-refractivity contribution is 5.98. The van der Waals surface area contributed by atoms with Crippen molar-refractivity contribution in [3.8, 4) is 5.75 Å². The molecule has 0 unspecified atom stereocenters. The summed E-state index contributed by atoms with van der Waals surface area (Å²) in [4.78, 5) is 40.7. The standard InChI is InChI=1S/C19H27N5O4/c1-4-6-10-24-17(20)16(18(26)22-19(24)27)23(5-2)15(25)12-21-13-8-7-9-14(11-13)28-3/h7-9,11,21H,4-6,10,12,20H2,1-3H3,(H,22,26,27). The Kier molecular flexibility index (Phi) is 7.25. The molecule has 0 fully saturated rings. The minimum absolute atomic E-state index is 0.00113. The van der Waals surface area contributed by atoms with Crippen LogP contribution < -0.4 is 31.9 Å². The summed E-state index contributed by atoms with van der Waals surface area (Å²) in [5, 5.41) is 3.01. The van der Waals surface area contributed by atoms with Crippen LogP contribution in [0.4, 0.5) is 17.2 Å². The first-order valence-corrected chi connectivity index (χ1v) is 9.23. The number of benzene rings is 1. The first kappa shape index (κ1) is 21.1. The lowest BCUT2D eigenvalue weighted by molar-refractivity contribution is -0.116. The van der Waals surface area contributed by atoms with Crippen LogP contribution in [-0.2, 0) is 11.3 Å². The van der Waals surface area contributed by atoms with Crippen molar-refractivity contribution in [2.75, 3.05) is 36.1 Å². The number of hydrogen-bond acceptors (Lipinski definition) is 6. The van der Waals surface area contributed by atoms with E-state index < -0.39 is 11.2 Å². The second-order valence-electron chi connectivity index (χ2n) is 6.22. The monoisotopic (exact) mass is 389 g/mol. The summed E-state index contributed by atoms with van der Waals surface area (Å²) < 4.78 is 6.46. The maximum absolute atomic E-state index is 12.8. The maximum atomic E-state index is 12.8. The number of likely N-dealkylation sites (N-methyl/N-ethyl adjacent to an activating group) is 1. The van der Waals surface area contributed by atoms with E-state index in [9.17, 15) is 14.4 Å². The fourth-order valence-corrected chi connectivity index (χ4v) is 2.84. The van der Waals surface area contributed by atoms with Crippen molar-refractivity contribution in [3.05, 3.63) is 45.1 Å². The van der Waals surface area contributed by atoms with Gasteiger partial charge in [-0.05, 0) is 25.5 Å². The number of aromatic nitrogens is 2. The highest BCUT2D eigenvalue weighted by atomic mass is 16.5. The number of nitrogen functional groups attached to an aromatic ring is 1. The number of nitrogens with zero attached hydrogens (tertiary/aromatic N) is 2. The van der Waals surface area contributed by atoms with E-state index in [1.54, 1.807) is 38.3 Å². The van der Waals surface area contributed by atoms with E-state index in [4.69, 9.17) is 10.5 Å². The van der Waals surface area contributed by atoms with Crippen LogP contribution in [0.1, 0.15) is 26.7 Å². The minimum atomic E-state index is -0.674. The Labute approximate surface area is 163 Å². The number of rotatable bonds is 9. The molecular weight excluding hydrogens is 362 g/mol. The smallest absolute Gasteiger partial charge is 0.330 e. The Balaban J connectivity index is 2.27. The zero-order valence-corrected chi connectivity index (χ0v) is 16.4. The molecule has 9 heteroatoms. The van der Waals surface area contributed by atoms with Gasteiger partial charge in [-0.15, -0.1) is 0 Å². The molecule has 0 saturated carbocycles. The summed E-state index contributed by atoms with van der Waals surface area (Å²) in [6.07, 6.45) is 1.59. The van der Waals surface area contributed by atoms with Crippen molar-refractivity contribution >= 4 is 23.1 Å². The van der Waals surface area contributed by atoms with Crippen molar-refractivity contribution in [2.45, 2.75) is 33.2 Å². The molecular formula is C19H27N5O4. The molecule has 0 spiro atoms. The van der Waals surface area contributed by atoms with Gasteiger partial charge in [-0.25, -0.2) is 4.79 Å². The Morgan fingerprint density at radius 1 is 1.32 bits per heavy atom. The number of hydrogen-bond donors (Lipinski definition) is 3. The van der Waals surface area contributed by atoms with Gasteiger partial charge in [0.05, 0.1) is 13.7 Å². The Morgan fingerprint density at radius 2 is 2.07 bits per heavy atom. The molecule has 1 heterocycles. The summed E-state index contributed by atoms with van der Waals surface area (Å²) >= 11 is 0. The van der Waals surface area contributed by atoms with Crippen LogP contribution in [0.25, 0.3) is 0 Å². The van der Waals surface area contributed by atoms with Gasteiger partial charge < -0.3 is 20.7 Å². The molecule has 152 valence electrons. The number of unbranched alkanes of at least 4 members (excludes halogenated alkanes) is 1. The third-order valence-electron chi connectivity index (χ3n) is 4.35. The fraction of sp³-hybridized carbons (Fsp3) is 0.421. The van der Waals surface area contributed by atoms with E-state index in [0.717, 1.165) is 12.8 Å². The number of aromatic amines is 1. The van der Waals surface area contributed by atoms with E-state index in [-0.39, 0.29) is 30.5 Å². The van der Waals surface area contributed by atoms with Crippen molar-refractivity contribution < 1.29 is 9.53 Å². The van der Waals surface area contributed by atoms with Crippen molar-refractivity contribution in [3.63, 3.8) is 0 Å². The quantitative estimate of drug-likeness (QED) is 0.596. The number of amides is 1. The fourth-order valence-electron chi connectivity index (χ4n) is 2.84. The van der Waals surface area contributed by atoms with Gasteiger partial charge in [0.25, 0.3) is 5.56 Å². The Hall–Kier alpha value is -3.23. The van der Waals surface area contributed by atoms with Crippen molar-refractivity contribution in [2.24, 2.45) is 0 Å². The number of ether oxygens (including phenoxy) is 1. The third-order valence-corrected chi connectivity index (χ3v) is 4.35. The van der Waals surface area contributed by atoms with E-state index in [0.29, 0.717) is 18.0 Å². The second-order valence-corrected chi connectivity index (χ2v) is 6.22. The molecule has 4 N–H and O–H groups in total. The largest absolute Gasteiger partial charge is 0.497 e. The zero-order valence-electron chi connectivity index (χ0n) is 16.4. The van der Waals surface area contributed by atoms with Gasteiger partial charge in [0.2, 0.25) is 5.91 Å². The molecule has 2 aromatic rings. The van der Waals surface area contributed by atoms with E-state index in [2.05, 4.69) is 10.3 Å². The van der Waals surface area contributed by atoms with Crippen LogP contribution in [0.5, 0.6) is 5.75 Å². The average Bonchev–Trinajstić information content (AvgIpc) is 2.69. The zero-order chi connectivity index (χ0) is 20.7. The van der Waals surface area contributed by atoms with Crippen molar-refractivity contribution in [1.29, 1.82) is 0 Å². The first-order chi connectivity index (χ1) is 13.4. The summed E-state index contributed by atoms with van der Waals surface area (Å²) in [6, 6.07) is 7.16. The number of nitrogens with one attached hydrogen (secondary N) is 2. The predicted octanol–water partition coefficient (Wildman–Crippen LogP) is 1.39. The van der Waals surface area contributed by atoms with Crippen LogP contribution in [0, 0.1) is 0 Å². The minimum Gasteiger partial charge on any atom is -0.497 e. The SMILES string of the molecule is CCCCn1c(N)c(N(CC)C(=O)CNc2cccc(OC)c2)c(=O)[nH]c1=O. The first-order valence-electron chi connectivity index (χ1n) is 9.23. The van der Waals surface area contributed by atoms with E-state index in [1.165, 1.54) is 9.47 Å². The van der Waals surface area contributed by atoms with Gasteiger partial charge in [0.1, 0.15) is 11.6 Å². The number of methoxy groups -OCH3 is 1. The van der Waals surface area contributed by atoms with Crippen LogP contribution in [0.15, 0.2) is 33.9 Å².